The van der Waals surface area contributed by atoms with Gasteiger partial charge >= 0.3 is 5.97 Å². The summed E-state index contributed by atoms with van der Waals surface area (Å²) in [5, 5.41) is 46.7. The quantitative estimate of drug-likeness (QED) is 0.0216. The molecule has 0 unspecified atom stereocenters. The third-order valence-corrected chi connectivity index (χ3v) is 11.3. The van der Waals surface area contributed by atoms with E-state index in [-0.39, 0.29) is 43.9 Å². The number of aromatic amines is 1. The number of aliphatic carboxylic acids is 1. The lowest BCUT2D eigenvalue weighted by molar-refractivity contribution is -0.143. The number of nitrogens with zero attached hydrogens (tertiary/aromatic N) is 1. The number of hydrogen-bond acceptors (Lipinski definition) is 11. The topological polar surface area (TPSA) is 359 Å². The van der Waals surface area contributed by atoms with Gasteiger partial charge in [-0.25, -0.2) is 4.79 Å². The van der Waals surface area contributed by atoms with Crippen LogP contribution in [0.15, 0.2) is 90.1 Å². The lowest BCUT2D eigenvalue weighted by Crippen LogP contribution is -2.61. The molecule has 0 spiro atoms. The molecule has 372 valence electrons. The van der Waals surface area contributed by atoms with Gasteiger partial charge in [0, 0.05) is 42.9 Å². The van der Waals surface area contributed by atoms with E-state index in [1.54, 1.807) is 70.3 Å². The second-order valence-corrected chi connectivity index (χ2v) is 17.4. The van der Waals surface area contributed by atoms with Crippen LogP contribution in [-0.2, 0) is 52.8 Å². The minimum absolute atomic E-state index is 0.0583. The molecule has 69 heavy (non-hydrogen) atoms. The van der Waals surface area contributed by atoms with Crippen molar-refractivity contribution in [1.29, 1.82) is 0 Å². The highest BCUT2D eigenvalue weighted by atomic mass is 16.4. The van der Waals surface area contributed by atoms with E-state index in [2.05, 4.69) is 41.9 Å². The monoisotopic (exact) mass is 955 g/mol. The number of nitrogens with one attached hydrogen (secondary N) is 7. The molecule has 0 bridgehead atoms. The summed E-state index contributed by atoms with van der Waals surface area (Å²) < 4.78 is 0. The smallest absolute Gasteiger partial charge is 0.326 e. The van der Waals surface area contributed by atoms with Gasteiger partial charge in [0.15, 0.2) is 5.96 Å². The van der Waals surface area contributed by atoms with Crippen molar-refractivity contribution >= 4 is 58.3 Å². The maximum absolute atomic E-state index is 14.4. The van der Waals surface area contributed by atoms with Crippen LogP contribution in [0.2, 0.25) is 0 Å². The molecule has 4 rings (SSSR count). The van der Waals surface area contributed by atoms with E-state index in [1.165, 1.54) is 24.3 Å². The summed E-state index contributed by atoms with van der Waals surface area (Å²) in [4.78, 5) is 103. The van der Waals surface area contributed by atoms with E-state index in [0.29, 0.717) is 23.1 Å². The van der Waals surface area contributed by atoms with E-state index in [0.717, 1.165) is 10.9 Å². The van der Waals surface area contributed by atoms with Crippen LogP contribution in [0, 0.1) is 11.8 Å². The summed E-state index contributed by atoms with van der Waals surface area (Å²) in [5.74, 6) is -7.39. The summed E-state index contributed by atoms with van der Waals surface area (Å²) in [7, 11) is 0. The maximum atomic E-state index is 14.4. The van der Waals surface area contributed by atoms with Gasteiger partial charge in [0.25, 0.3) is 0 Å². The van der Waals surface area contributed by atoms with E-state index in [9.17, 15) is 48.9 Å². The lowest BCUT2D eigenvalue weighted by Gasteiger charge is -2.28. The number of benzene rings is 3. The summed E-state index contributed by atoms with van der Waals surface area (Å²) >= 11 is 0. The van der Waals surface area contributed by atoms with E-state index >= 15 is 0 Å². The van der Waals surface area contributed by atoms with Crippen molar-refractivity contribution in [2.45, 2.75) is 102 Å². The SMILES string of the molecule is CC(C)[C@H](NC(=O)[C@H](Cc1c[nH]c2ccccc12)NC(=O)[C@H](Cc1ccccc1)NC(=O)[C@H](CO)NC(=O)[C@H](Cc1ccc(O)cc1)NC(=O)[C@@H](NC(=O)[C@@H](N)CCCN=C(N)N)C(C)C)C(=O)O. The molecular formula is C48H65N11O10. The molecule has 1 aromatic heterocycles. The number of aromatic hydroxyl groups is 1. The van der Waals surface area contributed by atoms with Gasteiger partial charge in [-0.1, -0.05) is 88.4 Å². The number of para-hydroxylation sites is 1. The standard InChI is InChI=1S/C48H65N11O10/c1-26(2)39(58-41(62)33(49)14-10-20-52-48(50)51)46(67)56-36(22-29-16-18-31(61)19-17-29)43(64)57-38(25-60)45(66)54-35(21-28-11-6-5-7-12-28)42(63)55-37(44(65)59-40(27(3)4)47(68)69)23-30-24-53-34-15-9-8-13-32(30)34/h5-9,11-13,15-19,24,26-27,33,35-40,53,60-61H,10,14,20-23,25,49H2,1-4H3,(H,54,66)(H,55,63)(H,56,67)(H,57,64)(H,58,62)(H,59,65)(H,68,69)(H4,50,51,52)/t33-,35-,36-,37-,38-,39-,40-/m0/s1. The Bertz CT molecular complexity index is 2400. The molecule has 0 saturated carbocycles. The minimum Gasteiger partial charge on any atom is -0.508 e. The molecule has 6 amide bonds. The van der Waals surface area contributed by atoms with Crippen LogP contribution >= 0.6 is 0 Å². The van der Waals surface area contributed by atoms with E-state index in [1.807, 2.05) is 18.2 Å². The van der Waals surface area contributed by atoms with E-state index < -0.39 is 102 Å². The number of aliphatic hydroxyl groups excluding tert-OH is 1. The Morgan fingerprint density at radius 3 is 1.67 bits per heavy atom. The average Bonchev–Trinajstić information content (AvgIpc) is 3.72. The number of carbonyl (C=O) groups is 7. The van der Waals surface area contributed by atoms with Crippen LogP contribution in [0.1, 0.15) is 57.2 Å². The van der Waals surface area contributed by atoms with Crippen molar-refractivity contribution in [1.82, 2.24) is 36.9 Å². The Morgan fingerprint density at radius 1 is 0.609 bits per heavy atom. The summed E-state index contributed by atoms with van der Waals surface area (Å²) in [6.45, 7) is 5.87. The number of rotatable bonds is 26. The molecule has 4 aromatic rings. The number of hydrogen-bond donors (Lipinski definition) is 13. The second-order valence-electron chi connectivity index (χ2n) is 17.4. The minimum atomic E-state index is -1.69. The van der Waals surface area contributed by atoms with Gasteiger partial charge in [0.05, 0.1) is 12.6 Å². The predicted molar refractivity (Wildman–Crippen MR) is 258 cm³/mol. The zero-order chi connectivity index (χ0) is 50.8. The highest BCUT2D eigenvalue weighted by Gasteiger charge is 2.35. The Labute approximate surface area is 399 Å². The first-order chi connectivity index (χ1) is 32.8. The molecule has 16 N–H and O–H groups in total. The van der Waals surface area contributed by atoms with Crippen LogP contribution in [0.25, 0.3) is 10.9 Å². The average molecular weight is 956 g/mol. The number of phenolic OH excluding ortho intramolecular Hbond substituents is 1. The van der Waals surface area contributed by atoms with Gasteiger partial charge in [0.1, 0.15) is 42.0 Å². The first-order valence-corrected chi connectivity index (χ1v) is 22.6. The van der Waals surface area contributed by atoms with Gasteiger partial charge in [-0.3, -0.25) is 33.8 Å². The highest BCUT2D eigenvalue weighted by Crippen LogP contribution is 2.20. The number of carboxylic acid groups (broad SMARTS) is 1. The van der Waals surface area contributed by atoms with Crippen LogP contribution in [0.5, 0.6) is 5.75 Å². The third kappa shape index (κ3) is 16.6. The number of phenols is 1. The molecule has 0 radical (unpaired) electrons. The van der Waals surface area contributed by atoms with Gasteiger partial charge < -0.3 is 69.4 Å². The third-order valence-electron chi connectivity index (χ3n) is 11.3. The van der Waals surface area contributed by atoms with Crippen molar-refractivity contribution in [3.8, 4) is 5.75 Å². The summed E-state index contributed by atoms with van der Waals surface area (Å²) in [5.41, 5.74) is 19.3. The Hall–Kier alpha value is -7.52. The largest absolute Gasteiger partial charge is 0.508 e. The fourth-order valence-electron chi connectivity index (χ4n) is 7.35. The zero-order valence-corrected chi connectivity index (χ0v) is 39.1. The second kappa shape index (κ2) is 26.1. The van der Waals surface area contributed by atoms with E-state index in [4.69, 9.17) is 17.2 Å². The lowest BCUT2D eigenvalue weighted by atomic mass is 9.99. The number of carboxylic acids is 1. The first kappa shape index (κ1) is 54.1. The molecule has 1 heterocycles. The predicted octanol–water partition coefficient (Wildman–Crippen LogP) is -0.420. The number of aliphatic imine (C=N–C) groups is 1. The van der Waals surface area contributed by atoms with Crippen molar-refractivity contribution in [2.24, 2.45) is 34.0 Å². The Balaban J connectivity index is 1.58. The molecule has 7 atom stereocenters. The molecule has 0 aliphatic rings. The van der Waals surface area contributed by atoms with Gasteiger partial charge in [0.2, 0.25) is 35.4 Å². The number of H-pyrrole nitrogens is 1. The normalized spacial score (nSPS) is 14.3. The van der Waals surface area contributed by atoms with Gasteiger partial charge in [-0.05, 0) is 59.6 Å². The van der Waals surface area contributed by atoms with Crippen molar-refractivity contribution < 1.29 is 48.9 Å². The fraction of sp³-hybridized carbons (Fsp3) is 0.417. The summed E-state index contributed by atoms with van der Waals surface area (Å²) in [6, 6.07) is 12.4. The van der Waals surface area contributed by atoms with Crippen LogP contribution in [-0.4, -0.2) is 123 Å². The number of fused-ring (bicyclic) bond motifs is 1. The van der Waals surface area contributed by atoms with Gasteiger partial charge in [-0.2, -0.15) is 0 Å². The molecule has 21 heteroatoms. The highest BCUT2D eigenvalue weighted by molar-refractivity contribution is 5.97. The molecule has 0 fully saturated rings. The van der Waals surface area contributed by atoms with Crippen molar-refractivity contribution in [2.75, 3.05) is 13.2 Å². The van der Waals surface area contributed by atoms with Gasteiger partial charge in [-0.15, -0.1) is 0 Å². The number of guanidine groups is 1. The molecular weight excluding hydrogens is 891 g/mol. The van der Waals surface area contributed by atoms with Crippen LogP contribution < -0.4 is 49.1 Å². The fourth-order valence-corrected chi connectivity index (χ4v) is 7.35. The Kier molecular flexibility index (Phi) is 20.5. The first-order valence-electron chi connectivity index (χ1n) is 22.6. The maximum Gasteiger partial charge on any atom is 0.326 e. The number of aromatic nitrogens is 1. The molecule has 21 nitrogen and oxygen atoms in total. The number of amides is 6. The molecule has 0 aliphatic heterocycles. The van der Waals surface area contributed by atoms with Crippen LogP contribution in [0.3, 0.4) is 0 Å². The summed E-state index contributed by atoms with van der Waals surface area (Å²) in [6.07, 6.45) is 1.91. The Morgan fingerprint density at radius 2 is 1.10 bits per heavy atom. The van der Waals surface area contributed by atoms with Crippen molar-refractivity contribution in [3.63, 3.8) is 0 Å². The number of nitrogens with two attached hydrogens (primary N) is 3. The molecule has 3 aromatic carbocycles. The number of carbonyl (C=O) groups excluding carboxylic acids is 6. The van der Waals surface area contributed by atoms with Crippen LogP contribution in [0.4, 0.5) is 0 Å². The number of aliphatic hydroxyl groups is 1. The van der Waals surface area contributed by atoms with Crippen molar-refractivity contribution in [3.05, 3.63) is 102 Å². The molecule has 0 aliphatic carbocycles. The zero-order valence-electron chi connectivity index (χ0n) is 39.1. The molecule has 0 saturated heterocycles.